The Hall–Kier alpha value is -1.62. The van der Waals surface area contributed by atoms with Gasteiger partial charge in [-0.25, -0.2) is 9.97 Å². The van der Waals surface area contributed by atoms with Crippen LogP contribution in [0.5, 0.6) is 0 Å². The molecule has 116 valence electrons. The first-order chi connectivity index (χ1) is 10.8. The van der Waals surface area contributed by atoms with E-state index in [0.29, 0.717) is 23.5 Å². The summed E-state index contributed by atoms with van der Waals surface area (Å²) in [4.78, 5) is 12.4. The second-order valence-corrected chi connectivity index (χ2v) is 7.17. The molecule has 22 heavy (non-hydrogen) atoms. The summed E-state index contributed by atoms with van der Waals surface area (Å²) >= 11 is 0. The molecule has 1 saturated heterocycles. The summed E-state index contributed by atoms with van der Waals surface area (Å²) in [5.41, 5.74) is 1.27. The van der Waals surface area contributed by atoms with Crippen molar-refractivity contribution >= 4 is 16.9 Å². The van der Waals surface area contributed by atoms with E-state index in [4.69, 9.17) is 4.74 Å². The molecule has 0 radical (unpaired) electrons. The van der Waals surface area contributed by atoms with Crippen molar-refractivity contribution in [2.75, 3.05) is 11.9 Å². The zero-order valence-corrected chi connectivity index (χ0v) is 12.9. The van der Waals surface area contributed by atoms with Crippen LogP contribution in [0.2, 0.25) is 0 Å². The van der Waals surface area contributed by atoms with Crippen LogP contribution in [0, 0.1) is 18.3 Å². The normalized spacial score (nSPS) is 32.3. The standard InChI is InChI=1S/C17H22N4O/c1-10-19-15-12(4-8-18-15)16(20-10)21-13-11-5-9-22-14(11)17(13)6-2-3-7-17/h4,8,11,13-14H,2-3,5-7,9H2,1H3,(H2,18,19,20,21). The molecule has 5 heteroatoms. The molecule has 5 rings (SSSR count). The van der Waals surface area contributed by atoms with Crippen LogP contribution in [0.3, 0.4) is 0 Å². The average molecular weight is 298 g/mol. The van der Waals surface area contributed by atoms with Crippen LogP contribution in [-0.4, -0.2) is 33.7 Å². The van der Waals surface area contributed by atoms with Crippen LogP contribution in [0.4, 0.5) is 5.82 Å². The number of aryl methyl sites for hydroxylation is 1. The smallest absolute Gasteiger partial charge is 0.143 e. The molecule has 2 aromatic heterocycles. The number of H-pyrrole nitrogens is 1. The topological polar surface area (TPSA) is 62.8 Å². The molecule has 0 amide bonds. The van der Waals surface area contributed by atoms with E-state index in [1.54, 1.807) is 0 Å². The number of rotatable bonds is 2. The number of anilines is 1. The number of ether oxygens (including phenoxy) is 1. The van der Waals surface area contributed by atoms with Gasteiger partial charge in [-0.3, -0.25) is 0 Å². The minimum atomic E-state index is 0.350. The fraction of sp³-hybridized carbons (Fsp3) is 0.647. The maximum atomic E-state index is 6.07. The van der Waals surface area contributed by atoms with Crippen LogP contribution in [0.25, 0.3) is 11.0 Å². The van der Waals surface area contributed by atoms with Crippen LogP contribution in [0.15, 0.2) is 12.3 Å². The first-order valence-electron chi connectivity index (χ1n) is 8.48. The Morgan fingerprint density at radius 3 is 3.05 bits per heavy atom. The summed E-state index contributed by atoms with van der Waals surface area (Å²) in [5.74, 6) is 2.46. The molecule has 2 saturated carbocycles. The van der Waals surface area contributed by atoms with E-state index >= 15 is 0 Å². The number of nitrogens with zero attached hydrogens (tertiary/aromatic N) is 2. The molecular formula is C17H22N4O. The summed E-state index contributed by atoms with van der Waals surface area (Å²) in [7, 11) is 0. The zero-order valence-electron chi connectivity index (χ0n) is 12.9. The van der Waals surface area contributed by atoms with Gasteiger partial charge in [-0.05, 0) is 32.3 Å². The molecule has 2 aromatic rings. The number of nitrogens with one attached hydrogen (secondary N) is 2. The molecule has 3 atom stereocenters. The Labute approximate surface area is 129 Å². The number of aromatic nitrogens is 3. The average Bonchev–Trinajstić information content (AvgIpc) is 3.22. The predicted octanol–water partition coefficient (Wildman–Crippen LogP) is 3.03. The molecular weight excluding hydrogens is 276 g/mol. The molecule has 3 aliphatic rings. The lowest BCUT2D eigenvalue weighted by atomic mass is 9.54. The van der Waals surface area contributed by atoms with Crippen LogP contribution in [0.1, 0.15) is 37.9 Å². The van der Waals surface area contributed by atoms with Gasteiger partial charge < -0.3 is 15.0 Å². The fourth-order valence-electron chi connectivity index (χ4n) is 5.21. The molecule has 5 nitrogen and oxygen atoms in total. The van der Waals surface area contributed by atoms with Gasteiger partial charge in [0.05, 0.1) is 11.5 Å². The summed E-state index contributed by atoms with van der Waals surface area (Å²) in [5, 5.41) is 4.90. The number of aromatic amines is 1. The van der Waals surface area contributed by atoms with E-state index in [2.05, 4.69) is 26.3 Å². The van der Waals surface area contributed by atoms with E-state index in [1.807, 2.05) is 13.1 Å². The third-order valence-electron chi connectivity index (χ3n) is 6.11. The van der Waals surface area contributed by atoms with Crippen LogP contribution >= 0.6 is 0 Å². The lowest BCUT2D eigenvalue weighted by Gasteiger charge is -2.57. The highest BCUT2D eigenvalue weighted by atomic mass is 16.5. The summed E-state index contributed by atoms with van der Waals surface area (Å²) in [6.45, 7) is 2.89. The van der Waals surface area contributed by atoms with Crippen molar-refractivity contribution in [3.05, 3.63) is 18.1 Å². The van der Waals surface area contributed by atoms with Crippen LogP contribution in [-0.2, 0) is 4.74 Å². The minimum Gasteiger partial charge on any atom is -0.377 e. The lowest BCUT2D eigenvalue weighted by molar-refractivity contribution is -0.111. The molecule has 3 heterocycles. The Kier molecular flexibility index (Phi) is 2.60. The minimum absolute atomic E-state index is 0.350. The highest BCUT2D eigenvalue weighted by Crippen LogP contribution is 2.61. The molecule has 2 N–H and O–H groups in total. The second-order valence-electron chi connectivity index (χ2n) is 7.17. The Morgan fingerprint density at radius 1 is 1.32 bits per heavy atom. The van der Waals surface area contributed by atoms with E-state index in [-0.39, 0.29) is 0 Å². The van der Waals surface area contributed by atoms with Gasteiger partial charge >= 0.3 is 0 Å². The Balaban J connectivity index is 1.53. The zero-order chi connectivity index (χ0) is 14.7. The molecule has 2 aliphatic carbocycles. The predicted molar refractivity (Wildman–Crippen MR) is 84.8 cm³/mol. The van der Waals surface area contributed by atoms with Gasteiger partial charge in [0, 0.05) is 30.2 Å². The Morgan fingerprint density at radius 2 is 2.18 bits per heavy atom. The van der Waals surface area contributed by atoms with Crippen LogP contribution < -0.4 is 5.32 Å². The maximum absolute atomic E-state index is 6.07. The Bertz CT molecular complexity index is 719. The van der Waals surface area contributed by atoms with E-state index in [1.165, 1.54) is 32.1 Å². The van der Waals surface area contributed by atoms with Crippen molar-refractivity contribution < 1.29 is 4.74 Å². The van der Waals surface area contributed by atoms with Gasteiger partial charge in [0.2, 0.25) is 0 Å². The maximum Gasteiger partial charge on any atom is 0.143 e. The lowest BCUT2D eigenvalue weighted by Crippen LogP contribution is -2.65. The van der Waals surface area contributed by atoms with Gasteiger partial charge in [-0.2, -0.15) is 0 Å². The first kappa shape index (κ1) is 12.9. The molecule has 3 unspecified atom stereocenters. The summed E-state index contributed by atoms with van der Waals surface area (Å²) in [6.07, 6.45) is 8.89. The first-order valence-corrected chi connectivity index (χ1v) is 8.48. The van der Waals surface area contributed by atoms with Gasteiger partial charge in [-0.1, -0.05) is 12.8 Å². The SMILES string of the molecule is Cc1nc(NC2C3CCOC3C23CCCC3)c2cc[nH]c2n1. The molecule has 1 aliphatic heterocycles. The molecule has 0 aromatic carbocycles. The van der Waals surface area contributed by atoms with Crippen molar-refractivity contribution in [2.45, 2.75) is 51.2 Å². The van der Waals surface area contributed by atoms with Crippen molar-refractivity contribution in [1.82, 2.24) is 15.0 Å². The molecule has 3 fully saturated rings. The fourth-order valence-corrected chi connectivity index (χ4v) is 5.21. The van der Waals surface area contributed by atoms with Crippen molar-refractivity contribution in [3.63, 3.8) is 0 Å². The highest BCUT2D eigenvalue weighted by molar-refractivity contribution is 5.87. The summed E-state index contributed by atoms with van der Waals surface area (Å²) in [6, 6.07) is 2.58. The van der Waals surface area contributed by atoms with E-state index in [0.717, 1.165) is 29.3 Å². The number of hydrogen-bond acceptors (Lipinski definition) is 4. The van der Waals surface area contributed by atoms with Gasteiger partial charge in [0.1, 0.15) is 17.3 Å². The van der Waals surface area contributed by atoms with Gasteiger partial charge in [0.25, 0.3) is 0 Å². The van der Waals surface area contributed by atoms with E-state index < -0.39 is 0 Å². The largest absolute Gasteiger partial charge is 0.377 e. The third-order valence-corrected chi connectivity index (χ3v) is 6.11. The highest BCUT2D eigenvalue weighted by Gasteiger charge is 2.65. The van der Waals surface area contributed by atoms with E-state index in [9.17, 15) is 0 Å². The molecule has 1 spiro atoms. The van der Waals surface area contributed by atoms with Crippen molar-refractivity contribution in [3.8, 4) is 0 Å². The summed E-state index contributed by atoms with van der Waals surface area (Å²) < 4.78 is 6.07. The quantitative estimate of drug-likeness (QED) is 0.894. The van der Waals surface area contributed by atoms with Gasteiger partial charge in [0.15, 0.2) is 0 Å². The third kappa shape index (κ3) is 1.57. The number of hydrogen-bond donors (Lipinski definition) is 2. The second kappa shape index (κ2) is 4.44. The van der Waals surface area contributed by atoms with Gasteiger partial charge in [-0.15, -0.1) is 0 Å². The molecule has 0 bridgehead atoms. The number of fused-ring (bicyclic) bond motifs is 3. The van der Waals surface area contributed by atoms with Crippen molar-refractivity contribution in [1.29, 1.82) is 0 Å². The monoisotopic (exact) mass is 298 g/mol. The van der Waals surface area contributed by atoms with Crippen molar-refractivity contribution in [2.24, 2.45) is 11.3 Å².